The zero-order valence-electron chi connectivity index (χ0n) is 34.8. The molecule has 10 heteroatoms. The van der Waals surface area contributed by atoms with Crippen LogP contribution < -0.4 is 32.2 Å². The molecule has 4 aromatic carbocycles. The number of para-hydroxylation sites is 4. The van der Waals surface area contributed by atoms with Gasteiger partial charge in [0.2, 0.25) is 0 Å². The predicted octanol–water partition coefficient (Wildman–Crippen LogP) is 9.14. The van der Waals surface area contributed by atoms with Crippen LogP contribution in [0.1, 0.15) is 99.8 Å². The maximum absolute atomic E-state index is 12.5. The van der Waals surface area contributed by atoms with Gasteiger partial charge in [0, 0.05) is 66.5 Å². The fourth-order valence-corrected chi connectivity index (χ4v) is 8.41. The lowest BCUT2D eigenvalue weighted by Gasteiger charge is -2.46. The maximum atomic E-state index is 12.5. The van der Waals surface area contributed by atoms with Gasteiger partial charge >= 0.3 is 0 Å². The molecule has 2 atom stereocenters. The van der Waals surface area contributed by atoms with E-state index in [1.807, 2.05) is 60.7 Å². The Bertz CT molecular complexity index is 1860. The van der Waals surface area contributed by atoms with E-state index in [2.05, 4.69) is 53.4 Å². The molecule has 2 heterocycles. The number of carbonyl (C=O) groups excluding carboxylic acids is 2. The first-order valence-electron chi connectivity index (χ1n) is 21.3. The third-order valence-corrected chi connectivity index (χ3v) is 12.4. The van der Waals surface area contributed by atoms with Gasteiger partial charge in [0.25, 0.3) is 11.8 Å². The Kier molecular flexibility index (Phi) is 12.6. The molecule has 4 aromatic rings. The minimum absolute atomic E-state index is 0.149. The van der Waals surface area contributed by atoms with E-state index in [-0.39, 0.29) is 29.0 Å². The topological polar surface area (TPSA) is 138 Å². The molecule has 10 nitrogen and oxygen atoms in total. The minimum Gasteiger partial charge on any atom is -0.490 e. The van der Waals surface area contributed by atoms with Gasteiger partial charge in [0.15, 0.2) is 0 Å². The first kappa shape index (κ1) is 41.1. The number of benzene rings is 4. The lowest BCUT2D eigenvalue weighted by Crippen LogP contribution is -2.53. The number of likely N-dealkylation sites (tertiary alicyclic amines) is 2. The molecule has 0 bridgehead atoms. The van der Waals surface area contributed by atoms with Gasteiger partial charge in [0.05, 0.1) is 22.7 Å². The molecule has 2 unspecified atom stereocenters. The van der Waals surface area contributed by atoms with Crippen molar-refractivity contribution in [2.24, 2.45) is 11.8 Å². The summed E-state index contributed by atoms with van der Waals surface area (Å²) in [7, 11) is 0. The highest BCUT2D eigenvalue weighted by atomic mass is 16.5. The Balaban J connectivity index is 0.000000177. The van der Waals surface area contributed by atoms with Crippen LogP contribution in [0.5, 0.6) is 5.75 Å². The van der Waals surface area contributed by atoms with Crippen molar-refractivity contribution >= 4 is 40.3 Å². The highest BCUT2D eigenvalue weighted by molar-refractivity contribution is 6.06. The van der Waals surface area contributed by atoms with E-state index in [0.717, 1.165) is 62.0 Å². The molecular weight excluding hydrogens is 723 g/mol. The van der Waals surface area contributed by atoms with Crippen LogP contribution in [0, 0.1) is 11.8 Å². The van der Waals surface area contributed by atoms with E-state index in [1.54, 1.807) is 36.4 Å². The molecule has 2 saturated heterocycles. The second-order valence-corrected chi connectivity index (χ2v) is 18.2. The third-order valence-electron chi connectivity index (χ3n) is 12.4. The van der Waals surface area contributed by atoms with Crippen molar-refractivity contribution in [1.29, 1.82) is 0 Å². The second kappa shape index (κ2) is 17.8. The van der Waals surface area contributed by atoms with Crippen LogP contribution in [0.2, 0.25) is 0 Å². The molecule has 0 aromatic heterocycles. The number of rotatable bonds is 12. The van der Waals surface area contributed by atoms with Crippen molar-refractivity contribution in [2.75, 3.05) is 53.6 Å². The Labute approximate surface area is 345 Å². The Morgan fingerprint density at radius 1 is 0.621 bits per heavy atom. The van der Waals surface area contributed by atoms with Crippen LogP contribution in [0.25, 0.3) is 0 Å². The molecule has 0 spiro atoms. The number of anilines is 5. The highest BCUT2D eigenvalue weighted by Gasteiger charge is 2.39. The van der Waals surface area contributed by atoms with Gasteiger partial charge in [0.1, 0.15) is 11.9 Å². The summed E-state index contributed by atoms with van der Waals surface area (Å²) in [5.74, 6) is 2.34. The van der Waals surface area contributed by atoms with Gasteiger partial charge in [-0.25, -0.2) is 0 Å². The summed E-state index contributed by atoms with van der Waals surface area (Å²) in [6, 6.07) is 30.1. The fourth-order valence-electron chi connectivity index (χ4n) is 8.41. The van der Waals surface area contributed by atoms with Gasteiger partial charge in [-0.1, -0.05) is 24.3 Å². The smallest absolute Gasteiger partial charge is 0.255 e. The normalized spacial score (nSPS) is 21.5. The first-order valence-corrected chi connectivity index (χ1v) is 21.3. The summed E-state index contributed by atoms with van der Waals surface area (Å²) < 4.78 is 6.25. The van der Waals surface area contributed by atoms with Crippen molar-refractivity contribution < 1.29 is 14.3 Å². The first-order chi connectivity index (χ1) is 27.8. The molecule has 308 valence electrons. The van der Waals surface area contributed by atoms with Crippen LogP contribution in [0.3, 0.4) is 0 Å². The van der Waals surface area contributed by atoms with Gasteiger partial charge in [-0.3, -0.25) is 19.4 Å². The zero-order chi connectivity index (χ0) is 40.9. The molecule has 7 N–H and O–H groups in total. The molecule has 2 amide bonds. The van der Waals surface area contributed by atoms with Crippen molar-refractivity contribution in [1.82, 2.24) is 9.80 Å². The molecule has 8 rings (SSSR count). The summed E-state index contributed by atoms with van der Waals surface area (Å²) in [4.78, 5) is 30.3. The Morgan fingerprint density at radius 3 is 1.55 bits per heavy atom. The van der Waals surface area contributed by atoms with Gasteiger partial charge in [-0.2, -0.15) is 0 Å². The van der Waals surface area contributed by atoms with E-state index in [1.165, 1.54) is 38.8 Å². The molecule has 4 fully saturated rings. The average molecular weight is 786 g/mol. The van der Waals surface area contributed by atoms with Crippen molar-refractivity contribution in [2.45, 2.75) is 102 Å². The maximum Gasteiger partial charge on any atom is 0.255 e. The fraction of sp³-hybridized carbons (Fsp3) is 0.458. The van der Waals surface area contributed by atoms with E-state index >= 15 is 0 Å². The average Bonchev–Trinajstić information content (AvgIpc) is 4.14. The van der Waals surface area contributed by atoms with Crippen molar-refractivity contribution in [3.05, 3.63) is 108 Å². The Hall–Kier alpha value is -5.06. The van der Waals surface area contributed by atoms with E-state index in [9.17, 15) is 9.59 Å². The van der Waals surface area contributed by atoms with Gasteiger partial charge in [-0.15, -0.1) is 0 Å². The monoisotopic (exact) mass is 785 g/mol. The van der Waals surface area contributed by atoms with E-state index < -0.39 is 0 Å². The number of ether oxygens (including phenoxy) is 1. The molecule has 2 aliphatic heterocycles. The van der Waals surface area contributed by atoms with Crippen molar-refractivity contribution in [3.63, 3.8) is 0 Å². The molecule has 58 heavy (non-hydrogen) atoms. The highest BCUT2D eigenvalue weighted by Crippen LogP contribution is 2.38. The number of nitrogen functional groups attached to an aromatic ring is 2. The number of nitrogens with two attached hydrogens (primary N) is 2. The van der Waals surface area contributed by atoms with Gasteiger partial charge in [-0.05, 0) is 157 Å². The summed E-state index contributed by atoms with van der Waals surface area (Å²) in [5, 5.41) is 9.40. The van der Waals surface area contributed by atoms with Crippen LogP contribution in [0.15, 0.2) is 97.1 Å². The number of piperidine rings is 2. The Morgan fingerprint density at radius 2 is 1.09 bits per heavy atom. The van der Waals surface area contributed by atoms with Crippen LogP contribution >= 0.6 is 0 Å². The van der Waals surface area contributed by atoms with E-state index in [4.69, 9.17) is 16.2 Å². The quantitative estimate of drug-likeness (QED) is 0.0898. The summed E-state index contributed by atoms with van der Waals surface area (Å²) in [5.41, 5.74) is 16.9. The molecule has 4 aliphatic rings. The number of amides is 2. The molecule has 2 aliphatic carbocycles. The predicted molar refractivity (Wildman–Crippen MR) is 238 cm³/mol. The zero-order valence-corrected chi connectivity index (χ0v) is 34.8. The second-order valence-electron chi connectivity index (χ2n) is 18.2. The SMILES string of the molecule is CC1(C)CC(Nc2ccc(C(=O)Nc3ccccc3N)cc2)CCN1CC1CC1.CC1(C)CC(Oc2ccc(C(=O)Nc3ccccc3N)cc2)CCN1CC1CC1. The molecule has 0 radical (unpaired) electrons. The molecule has 2 saturated carbocycles. The molecular formula is C48H63N7O3. The lowest BCUT2D eigenvalue weighted by molar-refractivity contribution is 0.00604. The number of nitrogens with one attached hydrogen (secondary N) is 3. The number of hydrogen-bond acceptors (Lipinski definition) is 8. The van der Waals surface area contributed by atoms with Crippen LogP contribution in [0.4, 0.5) is 28.4 Å². The number of nitrogens with zero attached hydrogens (tertiary/aromatic N) is 2. The van der Waals surface area contributed by atoms with E-state index in [0.29, 0.717) is 39.9 Å². The summed E-state index contributed by atoms with van der Waals surface area (Å²) in [6.07, 6.45) is 10.2. The lowest BCUT2D eigenvalue weighted by atomic mass is 9.86. The van der Waals surface area contributed by atoms with Crippen LogP contribution in [-0.2, 0) is 0 Å². The van der Waals surface area contributed by atoms with Crippen LogP contribution in [-0.4, -0.2) is 71.0 Å². The number of hydrogen-bond donors (Lipinski definition) is 5. The summed E-state index contributed by atoms with van der Waals surface area (Å²) >= 11 is 0. The van der Waals surface area contributed by atoms with Gasteiger partial charge < -0.3 is 32.2 Å². The standard InChI is InChI=1S/C24H32N4O.C24H31N3O2/c1-24(2)15-20(13-14-28(24)16-17-7-8-17)26-19-11-9-18(10-12-19)23(29)27-22-6-4-3-5-21(22)25;1-24(2)15-20(13-14-27(24)16-17-7-8-17)29-19-11-9-18(10-12-19)23(28)26-22-6-4-3-5-21(22)25/h3-6,9-12,17,20,26H,7-8,13-16,25H2,1-2H3,(H,27,29);3-6,9-12,17,20H,7-8,13-16,25H2,1-2H3,(H,26,28). The van der Waals surface area contributed by atoms with Crippen molar-refractivity contribution in [3.8, 4) is 5.75 Å². The third kappa shape index (κ3) is 11.1. The summed E-state index contributed by atoms with van der Waals surface area (Å²) in [6.45, 7) is 14.1. The largest absolute Gasteiger partial charge is 0.490 e. The minimum atomic E-state index is -0.177. The number of carbonyl (C=O) groups is 2.